The van der Waals surface area contributed by atoms with Crippen molar-refractivity contribution in [2.45, 2.75) is 13.5 Å². The molecule has 0 amide bonds. The first-order chi connectivity index (χ1) is 7.19. The van der Waals surface area contributed by atoms with Crippen LogP contribution in [0.25, 0.3) is 0 Å². The van der Waals surface area contributed by atoms with Crippen LogP contribution in [-0.4, -0.2) is 18.6 Å². The highest BCUT2D eigenvalue weighted by molar-refractivity contribution is 5.48. The number of benzene rings is 1. The van der Waals surface area contributed by atoms with Crippen LogP contribution < -0.4 is 10.1 Å². The molecular weight excluding hydrogens is 196 g/mol. The SMILES string of the molecule is CCNCc1ccc(OC)c([N+](=O)[O-])c1. The first kappa shape index (κ1) is 11.5. The summed E-state index contributed by atoms with van der Waals surface area (Å²) in [5.41, 5.74) is 0.886. The summed E-state index contributed by atoms with van der Waals surface area (Å²) in [6.07, 6.45) is 0. The van der Waals surface area contributed by atoms with E-state index < -0.39 is 4.92 Å². The third-order valence-corrected chi connectivity index (χ3v) is 2.02. The van der Waals surface area contributed by atoms with Crippen molar-refractivity contribution >= 4 is 5.69 Å². The average molecular weight is 210 g/mol. The first-order valence-corrected chi connectivity index (χ1v) is 4.71. The third kappa shape index (κ3) is 2.92. The van der Waals surface area contributed by atoms with E-state index in [9.17, 15) is 10.1 Å². The molecule has 0 radical (unpaired) electrons. The fraction of sp³-hybridized carbons (Fsp3) is 0.400. The lowest BCUT2D eigenvalue weighted by Gasteiger charge is -2.05. The monoisotopic (exact) mass is 210 g/mol. The van der Waals surface area contributed by atoms with Crippen molar-refractivity contribution in [3.05, 3.63) is 33.9 Å². The van der Waals surface area contributed by atoms with Gasteiger partial charge in [-0.3, -0.25) is 10.1 Å². The molecule has 0 saturated carbocycles. The van der Waals surface area contributed by atoms with Gasteiger partial charge in [-0.2, -0.15) is 0 Å². The number of rotatable bonds is 5. The van der Waals surface area contributed by atoms with E-state index in [4.69, 9.17) is 4.74 Å². The molecule has 0 heterocycles. The van der Waals surface area contributed by atoms with Gasteiger partial charge in [-0.1, -0.05) is 13.0 Å². The first-order valence-electron chi connectivity index (χ1n) is 4.71. The second-order valence-electron chi connectivity index (χ2n) is 3.04. The van der Waals surface area contributed by atoms with Crippen LogP contribution in [-0.2, 0) is 6.54 Å². The van der Waals surface area contributed by atoms with Crippen molar-refractivity contribution in [3.63, 3.8) is 0 Å². The summed E-state index contributed by atoms with van der Waals surface area (Å²) in [6.45, 7) is 3.44. The van der Waals surface area contributed by atoms with Gasteiger partial charge in [0.25, 0.3) is 0 Å². The number of nitro groups is 1. The fourth-order valence-corrected chi connectivity index (χ4v) is 1.26. The number of nitrogens with one attached hydrogen (secondary N) is 1. The minimum Gasteiger partial charge on any atom is -0.490 e. The standard InChI is InChI=1S/C10H14N2O3/c1-3-11-7-8-4-5-10(15-2)9(6-8)12(13)14/h4-6,11H,3,7H2,1-2H3. The minimum atomic E-state index is -0.436. The summed E-state index contributed by atoms with van der Waals surface area (Å²) in [6, 6.07) is 4.96. The highest BCUT2D eigenvalue weighted by Crippen LogP contribution is 2.27. The average Bonchev–Trinajstić information content (AvgIpc) is 2.25. The lowest BCUT2D eigenvalue weighted by atomic mass is 10.2. The van der Waals surface area contributed by atoms with Crippen molar-refractivity contribution in [2.75, 3.05) is 13.7 Å². The normalized spacial score (nSPS) is 10.0. The van der Waals surface area contributed by atoms with Crippen LogP contribution in [0.4, 0.5) is 5.69 Å². The van der Waals surface area contributed by atoms with Crippen LogP contribution in [0.3, 0.4) is 0 Å². The molecule has 0 atom stereocenters. The number of methoxy groups -OCH3 is 1. The summed E-state index contributed by atoms with van der Waals surface area (Å²) in [5, 5.41) is 13.8. The number of hydrogen-bond donors (Lipinski definition) is 1. The Kier molecular flexibility index (Phi) is 4.05. The van der Waals surface area contributed by atoms with Crippen LogP contribution in [0.2, 0.25) is 0 Å². The Morgan fingerprint density at radius 1 is 1.53 bits per heavy atom. The zero-order valence-corrected chi connectivity index (χ0v) is 8.82. The quantitative estimate of drug-likeness (QED) is 0.593. The molecule has 1 rings (SSSR count). The van der Waals surface area contributed by atoms with E-state index in [-0.39, 0.29) is 5.69 Å². The Bertz CT molecular complexity index is 353. The molecule has 5 nitrogen and oxygen atoms in total. The molecule has 1 aromatic rings. The van der Waals surface area contributed by atoms with Crippen LogP contribution in [0.15, 0.2) is 18.2 Å². The van der Waals surface area contributed by atoms with E-state index in [1.54, 1.807) is 6.07 Å². The second-order valence-corrected chi connectivity index (χ2v) is 3.04. The number of hydrogen-bond acceptors (Lipinski definition) is 4. The maximum absolute atomic E-state index is 10.7. The maximum atomic E-state index is 10.7. The summed E-state index contributed by atoms with van der Waals surface area (Å²) < 4.78 is 4.90. The topological polar surface area (TPSA) is 64.4 Å². The van der Waals surface area contributed by atoms with Gasteiger partial charge in [-0.05, 0) is 18.2 Å². The van der Waals surface area contributed by atoms with Gasteiger partial charge < -0.3 is 10.1 Å². The lowest BCUT2D eigenvalue weighted by molar-refractivity contribution is -0.385. The van der Waals surface area contributed by atoms with Gasteiger partial charge >= 0.3 is 5.69 Å². The Hall–Kier alpha value is -1.62. The molecule has 0 aliphatic carbocycles. The van der Waals surface area contributed by atoms with Gasteiger partial charge in [0, 0.05) is 12.6 Å². The Labute approximate surface area is 88.2 Å². The van der Waals surface area contributed by atoms with Crippen molar-refractivity contribution in [3.8, 4) is 5.75 Å². The van der Waals surface area contributed by atoms with Crippen LogP contribution >= 0.6 is 0 Å². The van der Waals surface area contributed by atoms with Crippen LogP contribution in [0.5, 0.6) is 5.75 Å². The molecule has 0 bridgehead atoms. The van der Waals surface area contributed by atoms with Crippen molar-refractivity contribution in [2.24, 2.45) is 0 Å². The number of nitrogens with zero attached hydrogens (tertiary/aromatic N) is 1. The Balaban J connectivity index is 2.94. The molecule has 82 valence electrons. The molecule has 0 saturated heterocycles. The maximum Gasteiger partial charge on any atom is 0.311 e. The van der Waals surface area contributed by atoms with Crippen LogP contribution in [0, 0.1) is 10.1 Å². The zero-order chi connectivity index (χ0) is 11.3. The van der Waals surface area contributed by atoms with Gasteiger partial charge in [0.1, 0.15) is 0 Å². The highest BCUT2D eigenvalue weighted by Gasteiger charge is 2.14. The van der Waals surface area contributed by atoms with Crippen LogP contribution in [0.1, 0.15) is 12.5 Å². The van der Waals surface area contributed by atoms with E-state index in [2.05, 4.69) is 5.32 Å². The summed E-state index contributed by atoms with van der Waals surface area (Å²) in [4.78, 5) is 10.3. The fourth-order valence-electron chi connectivity index (χ4n) is 1.26. The van der Waals surface area contributed by atoms with Gasteiger partial charge in [0.15, 0.2) is 5.75 Å². The minimum absolute atomic E-state index is 0.00732. The molecule has 0 spiro atoms. The molecule has 5 heteroatoms. The summed E-state index contributed by atoms with van der Waals surface area (Å²) >= 11 is 0. The predicted molar refractivity (Wildman–Crippen MR) is 57.0 cm³/mol. The molecule has 0 unspecified atom stereocenters. The number of nitro benzene ring substituents is 1. The second kappa shape index (κ2) is 5.31. The Morgan fingerprint density at radius 3 is 2.80 bits per heavy atom. The third-order valence-electron chi connectivity index (χ3n) is 2.02. The molecule has 0 aliphatic heterocycles. The van der Waals surface area contributed by atoms with Gasteiger partial charge in [0.05, 0.1) is 12.0 Å². The van der Waals surface area contributed by atoms with Crippen molar-refractivity contribution in [1.82, 2.24) is 5.32 Å². The molecule has 0 aromatic heterocycles. The van der Waals surface area contributed by atoms with Gasteiger partial charge in [0.2, 0.25) is 0 Å². The van der Waals surface area contributed by atoms with E-state index in [0.717, 1.165) is 12.1 Å². The van der Waals surface area contributed by atoms with E-state index in [1.165, 1.54) is 13.2 Å². The zero-order valence-electron chi connectivity index (χ0n) is 8.82. The van der Waals surface area contributed by atoms with Gasteiger partial charge in [-0.25, -0.2) is 0 Å². The molecule has 1 N–H and O–H groups in total. The lowest BCUT2D eigenvalue weighted by Crippen LogP contribution is -2.11. The van der Waals surface area contributed by atoms with E-state index >= 15 is 0 Å². The molecule has 1 aromatic carbocycles. The largest absolute Gasteiger partial charge is 0.490 e. The smallest absolute Gasteiger partial charge is 0.311 e. The summed E-state index contributed by atoms with van der Waals surface area (Å²) in [7, 11) is 1.42. The molecule has 0 fully saturated rings. The Morgan fingerprint density at radius 2 is 2.27 bits per heavy atom. The highest BCUT2D eigenvalue weighted by atomic mass is 16.6. The van der Waals surface area contributed by atoms with E-state index in [0.29, 0.717) is 12.3 Å². The molecular formula is C10H14N2O3. The van der Waals surface area contributed by atoms with Crippen molar-refractivity contribution < 1.29 is 9.66 Å². The number of ether oxygens (including phenoxy) is 1. The summed E-state index contributed by atoms with van der Waals surface area (Å²) in [5.74, 6) is 0.292. The molecule has 0 aliphatic rings. The molecule has 15 heavy (non-hydrogen) atoms. The van der Waals surface area contributed by atoms with Crippen molar-refractivity contribution in [1.29, 1.82) is 0 Å². The predicted octanol–water partition coefficient (Wildman–Crippen LogP) is 1.71. The van der Waals surface area contributed by atoms with Gasteiger partial charge in [-0.15, -0.1) is 0 Å². The van der Waals surface area contributed by atoms with E-state index in [1.807, 2.05) is 13.0 Å².